The molecule has 4 heterocycles. The van der Waals surface area contributed by atoms with Gasteiger partial charge >= 0.3 is 11.9 Å². The van der Waals surface area contributed by atoms with Crippen LogP contribution in [0.25, 0.3) is 0 Å². The molecule has 0 aromatic carbocycles. The van der Waals surface area contributed by atoms with E-state index in [9.17, 15) is 35.1 Å². The highest BCUT2D eigenvalue weighted by atomic mass is 16.8. The maximum atomic E-state index is 13.2. The standard InChI is InChI=1S/C46H70O15/c1-9-22(3)35(49)41(53)58-32-20-54-43(40(39(32)57-25(6)47)60-42-38(52)37(51)36(50)24(5)56-42)59-33-17-27(48)16-26-10-11-28-29(45(26,33)8)13-14-44(7)30(28)18-31-34(44)23(4)46(61-31)15-12-21(2)19-55-46/h10,22-24,27-40,42-43,48-52H,2,9,11-20H2,1,3-8H3/t22-,23-,24?,27+,28+,29-,30-,31?,32?,33?,34?,35-,36?,37?,38?,39?,40?,42?,43?,44-,45-,46+/m0/s1. The van der Waals surface area contributed by atoms with Crippen LogP contribution in [-0.4, -0.2) is 136 Å². The molecular formula is C46H70O15. The molecular weight excluding hydrogens is 792 g/mol. The zero-order valence-electron chi connectivity index (χ0n) is 36.9. The first-order valence-electron chi connectivity index (χ1n) is 22.9. The van der Waals surface area contributed by atoms with Gasteiger partial charge in [-0.3, -0.25) is 4.79 Å². The van der Waals surface area contributed by atoms with Gasteiger partial charge in [0.2, 0.25) is 0 Å². The number of rotatable bonds is 9. The lowest BCUT2D eigenvalue weighted by molar-refractivity contribution is -0.363. The quantitative estimate of drug-likeness (QED) is 0.166. The largest absolute Gasteiger partial charge is 0.455 e. The monoisotopic (exact) mass is 862 g/mol. The van der Waals surface area contributed by atoms with Gasteiger partial charge in [-0.15, -0.1) is 0 Å². The maximum Gasteiger partial charge on any atom is 0.335 e. The van der Waals surface area contributed by atoms with Gasteiger partial charge in [0.15, 0.2) is 42.8 Å². The summed E-state index contributed by atoms with van der Waals surface area (Å²) in [6.45, 7) is 17.7. The molecule has 61 heavy (non-hydrogen) atoms. The van der Waals surface area contributed by atoms with Crippen molar-refractivity contribution in [3.8, 4) is 0 Å². The lowest BCUT2D eigenvalue weighted by Crippen LogP contribution is -2.64. The number of hydrogen-bond donors (Lipinski definition) is 5. The molecule has 0 aromatic heterocycles. The number of carbonyl (C=O) groups excluding carboxylic acids is 2. The molecule has 15 heteroatoms. The number of carbonyl (C=O) groups is 2. The van der Waals surface area contributed by atoms with Gasteiger partial charge in [-0.1, -0.05) is 64.8 Å². The van der Waals surface area contributed by atoms with Crippen LogP contribution in [0.5, 0.6) is 0 Å². The number of aliphatic hydroxyl groups excluding tert-OH is 5. The Morgan fingerprint density at radius 1 is 0.984 bits per heavy atom. The number of fused-ring (bicyclic) bond motifs is 7. The fraction of sp³-hybridized carbons (Fsp3) is 0.870. The summed E-state index contributed by atoms with van der Waals surface area (Å²) < 4.78 is 50.7. The number of hydrogen-bond acceptors (Lipinski definition) is 15. The molecule has 7 fully saturated rings. The lowest BCUT2D eigenvalue weighted by atomic mass is 9.46. The van der Waals surface area contributed by atoms with Crippen LogP contribution >= 0.6 is 0 Å². The molecule has 4 saturated heterocycles. The average Bonchev–Trinajstić information content (AvgIpc) is 3.67. The van der Waals surface area contributed by atoms with Crippen LogP contribution in [-0.2, 0) is 47.5 Å². The van der Waals surface area contributed by atoms with E-state index in [1.165, 1.54) is 13.8 Å². The van der Waals surface area contributed by atoms with Crippen LogP contribution in [0.1, 0.15) is 106 Å². The summed E-state index contributed by atoms with van der Waals surface area (Å²) >= 11 is 0. The molecule has 8 aliphatic rings. The number of aliphatic hydroxyl groups is 5. The van der Waals surface area contributed by atoms with E-state index in [1.807, 2.05) is 6.92 Å². The molecule has 3 saturated carbocycles. The van der Waals surface area contributed by atoms with Crippen molar-refractivity contribution in [3.05, 3.63) is 23.8 Å². The van der Waals surface area contributed by atoms with Crippen LogP contribution in [0.2, 0.25) is 0 Å². The van der Waals surface area contributed by atoms with Crippen LogP contribution in [0, 0.1) is 46.3 Å². The van der Waals surface area contributed by atoms with Crippen molar-refractivity contribution < 1.29 is 73.0 Å². The molecule has 5 N–H and O–H groups in total. The summed E-state index contributed by atoms with van der Waals surface area (Å²) in [4.78, 5) is 26.0. The molecule has 12 unspecified atom stereocenters. The smallest absolute Gasteiger partial charge is 0.335 e. The van der Waals surface area contributed by atoms with E-state index >= 15 is 0 Å². The van der Waals surface area contributed by atoms with Gasteiger partial charge < -0.3 is 63.4 Å². The average molecular weight is 863 g/mol. The van der Waals surface area contributed by atoms with Gasteiger partial charge in [-0.25, -0.2) is 4.79 Å². The first kappa shape index (κ1) is 45.5. The molecule has 1 spiro atoms. The van der Waals surface area contributed by atoms with Gasteiger partial charge in [-0.05, 0) is 80.5 Å². The Kier molecular flexibility index (Phi) is 12.8. The second kappa shape index (κ2) is 17.1. The topological polar surface area (TPSA) is 209 Å². The fourth-order valence-corrected chi connectivity index (χ4v) is 13.3. The van der Waals surface area contributed by atoms with Crippen molar-refractivity contribution in [2.45, 2.75) is 192 Å². The van der Waals surface area contributed by atoms with E-state index in [-0.39, 0.29) is 36.4 Å². The van der Waals surface area contributed by atoms with Crippen molar-refractivity contribution in [1.82, 2.24) is 0 Å². The van der Waals surface area contributed by atoms with Gasteiger partial charge in [0.05, 0.1) is 37.6 Å². The van der Waals surface area contributed by atoms with Crippen molar-refractivity contribution in [1.29, 1.82) is 0 Å². The van der Waals surface area contributed by atoms with E-state index < -0.39 is 103 Å². The molecule has 4 aliphatic carbocycles. The summed E-state index contributed by atoms with van der Waals surface area (Å²) in [5, 5.41) is 54.4. The summed E-state index contributed by atoms with van der Waals surface area (Å²) in [6.07, 6.45) is -6.15. The van der Waals surface area contributed by atoms with Crippen LogP contribution in [0.15, 0.2) is 23.8 Å². The first-order chi connectivity index (χ1) is 28.8. The van der Waals surface area contributed by atoms with Gasteiger partial charge in [-0.2, -0.15) is 0 Å². The zero-order chi connectivity index (χ0) is 43.9. The Labute approximate surface area is 359 Å². The Morgan fingerprint density at radius 3 is 2.43 bits per heavy atom. The van der Waals surface area contributed by atoms with Crippen molar-refractivity contribution >= 4 is 11.9 Å². The van der Waals surface area contributed by atoms with Crippen molar-refractivity contribution in [3.63, 3.8) is 0 Å². The van der Waals surface area contributed by atoms with E-state index in [0.29, 0.717) is 37.2 Å². The Hall–Kier alpha value is -2.02. The molecule has 0 aromatic rings. The highest BCUT2D eigenvalue weighted by Crippen LogP contribution is 2.71. The number of allylic oxidation sites excluding steroid dienone is 1. The molecule has 22 atom stereocenters. The van der Waals surface area contributed by atoms with Crippen LogP contribution in [0.3, 0.4) is 0 Å². The van der Waals surface area contributed by atoms with Crippen LogP contribution < -0.4 is 0 Å². The zero-order valence-corrected chi connectivity index (χ0v) is 36.9. The van der Waals surface area contributed by atoms with Gasteiger partial charge in [0.25, 0.3) is 0 Å². The molecule has 4 aliphatic heterocycles. The Balaban J connectivity index is 1.08. The highest BCUT2D eigenvalue weighted by Gasteiger charge is 2.69. The predicted molar refractivity (Wildman–Crippen MR) is 216 cm³/mol. The predicted octanol–water partition coefficient (Wildman–Crippen LogP) is 3.45. The second-order valence-electron chi connectivity index (χ2n) is 20.3. The maximum absolute atomic E-state index is 13.2. The molecule has 0 radical (unpaired) electrons. The fourth-order valence-electron chi connectivity index (χ4n) is 13.3. The van der Waals surface area contributed by atoms with E-state index in [1.54, 1.807) is 6.92 Å². The molecule has 15 nitrogen and oxygen atoms in total. The molecule has 0 bridgehead atoms. The Bertz CT molecular complexity index is 1680. The second-order valence-corrected chi connectivity index (χ2v) is 20.3. The number of esters is 2. The number of ether oxygens (including phenoxy) is 8. The third-order valence-electron chi connectivity index (χ3n) is 16.9. The summed E-state index contributed by atoms with van der Waals surface area (Å²) in [5.74, 6) is -1.12. The Morgan fingerprint density at radius 2 is 1.74 bits per heavy atom. The van der Waals surface area contributed by atoms with Crippen molar-refractivity contribution in [2.75, 3.05) is 13.2 Å². The minimum Gasteiger partial charge on any atom is -0.455 e. The van der Waals surface area contributed by atoms with Crippen molar-refractivity contribution in [2.24, 2.45) is 46.3 Å². The molecule has 8 rings (SSSR count). The van der Waals surface area contributed by atoms with E-state index in [0.717, 1.165) is 49.7 Å². The van der Waals surface area contributed by atoms with Crippen LogP contribution in [0.4, 0.5) is 0 Å². The third kappa shape index (κ3) is 7.76. The molecule has 344 valence electrons. The van der Waals surface area contributed by atoms with Gasteiger partial charge in [0, 0.05) is 31.1 Å². The lowest BCUT2D eigenvalue weighted by Gasteiger charge is -2.60. The third-order valence-corrected chi connectivity index (χ3v) is 16.9. The minimum atomic E-state index is -1.73. The summed E-state index contributed by atoms with van der Waals surface area (Å²) in [7, 11) is 0. The van der Waals surface area contributed by atoms with E-state index in [4.69, 9.17) is 37.9 Å². The first-order valence-corrected chi connectivity index (χ1v) is 22.9. The minimum absolute atomic E-state index is 0.0481. The summed E-state index contributed by atoms with van der Waals surface area (Å²) in [6, 6.07) is 0. The molecule has 0 amide bonds. The summed E-state index contributed by atoms with van der Waals surface area (Å²) in [5.41, 5.74) is 1.76. The van der Waals surface area contributed by atoms with E-state index in [2.05, 4.69) is 33.4 Å². The SMILES string of the molecule is C=C1CC[C@@]2(OC1)OC1C[C@H]3[C@@H]4CC=C5C[C@@H](O)CC(OC6OCC(OC(=O)[C@@H](O)[C@@H](C)CC)C(OC(C)=O)C6OC6OC(C)C(O)C(O)C6O)[C@]5(C)[C@H]4CC[C@]3(C)C1[C@@H]2C. The normalized spacial score (nSPS) is 50.4. The van der Waals surface area contributed by atoms with Gasteiger partial charge in [0.1, 0.15) is 18.3 Å². The highest BCUT2D eigenvalue weighted by molar-refractivity contribution is 5.75.